The number of likely N-dealkylation sites (tertiary alicyclic amines) is 1. The van der Waals surface area contributed by atoms with Crippen molar-refractivity contribution in [2.75, 3.05) is 19.6 Å². The van der Waals surface area contributed by atoms with Gasteiger partial charge in [-0.1, -0.05) is 42.5 Å². The van der Waals surface area contributed by atoms with E-state index in [0.29, 0.717) is 11.5 Å². The van der Waals surface area contributed by atoms with Crippen molar-refractivity contribution >= 4 is 0 Å². The average molecular weight is 324 g/mol. The van der Waals surface area contributed by atoms with Crippen LogP contribution in [0.4, 0.5) is 4.39 Å². The first-order valence-electron chi connectivity index (χ1n) is 8.95. The summed E-state index contributed by atoms with van der Waals surface area (Å²) in [6.45, 7) is 4.56. The topological polar surface area (TPSA) is 15.3 Å². The Morgan fingerprint density at radius 3 is 2.62 bits per heavy atom. The summed E-state index contributed by atoms with van der Waals surface area (Å²) < 4.78 is 13.0. The molecule has 0 aliphatic carbocycles. The van der Waals surface area contributed by atoms with Crippen LogP contribution in [0, 0.1) is 11.2 Å². The fourth-order valence-corrected chi connectivity index (χ4v) is 4.39. The second kappa shape index (κ2) is 6.66. The van der Waals surface area contributed by atoms with Gasteiger partial charge in [-0.2, -0.15) is 0 Å². The Bertz CT molecular complexity index is 670. The van der Waals surface area contributed by atoms with Gasteiger partial charge in [-0.05, 0) is 54.5 Å². The summed E-state index contributed by atoms with van der Waals surface area (Å²) in [4.78, 5) is 2.59. The SMILES string of the molecule is Fc1ccc(CC2CC3(CCN(Cc4ccccc4)C3)CN2)cc1. The maximum atomic E-state index is 13.0. The summed E-state index contributed by atoms with van der Waals surface area (Å²) >= 11 is 0. The highest BCUT2D eigenvalue weighted by Gasteiger charge is 2.43. The maximum absolute atomic E-state index is 13.0. The quantitative estimate of drug-likeness (QED) is 0.924. The molecule has 2 fully saturated rings. The van der Waals surface area contributed by atoms with Gasteiger partial charge in [0, 0.05) is 25.7 Å². The Morgan fingerprint density at radius 2 is 1.83 bits per heavy atom. The van der Waals surface area contributed by atoms with Gasteiger partial charge in [0.1, 0.15) is 5.82 Å². The van der Waals surface area contributed by atoms with Crippen LogP contribution in [-0.2, 0) is 13.0 Å². The van der Waals surface area contributed by atoms with Crippen LogP contribution >= 0.6 is 0 Å². The fourth-order valence-electron chi connectivity index (χ4n) is 4.39. The van der Waals surface area contributed by atoms with Crippen molar-refractivity contribution in [2.24, 2.45) is 5.41 Å². The van der Waals surface area contributed by atoms with Crippen LogP contribution in [0.5, 0.6) is 0 Å². The lowest BCUT2D eigenvalue weighted by Crippen LogP contribution is -2.29. The van der Waals surface area contributed by atoms with Gasteiger partial charge in [0.2, 0.25) is 0 Å². The Labute approximate surface area is 143 Å². The van der Waals surface area contributed by atoms with Gasteiger partial charge in [-0.25, -0.2) is 4.39 Å². The van der Waals surface area contributed by atoms with Crippen LogP contribution in [0.15, 0.2) is 54.6 Å². The van der Waals surface area contributed by atoms with E-state index in [0.717, 1.165) is 19.5 Å². The molecule has 2 aliphatic rings. The lowest BCUT2D eigenvalue weighted by atomic mass is 9.83. The van der Waals surface area contributed by atoms with E-state index in [1.807, 2.05) is 12.1 Å². The molecule has 0 aromatic heterocycles. The standard InChI is InChI=1S/C21H25FN2/c22-19-8-6-17(7-9-19)12-20-13-21(15-23-20)10-11-24(16-21)14-18-4-2-1-3-5-18/h1-9,20,23H,10-16H2. The van der Waals surface area contributed by atoms with Gasteiger partial charge in [-0.3, -0.25) is 4.90 Å². The van der Waals surface area contributed by atoms with Gasteiger partial charge in [-0.15, -0.1) is 0 Å². The molecular weight excluding hydrogens is 299 g/mol. The Balaban J connectivity index is 1.33. The van der Waals surface area contributed by atoms with Gasteiger partial charge in [0.05, 0.1) is 0 Å². The summed E-state index contributed by atoms with van der Waals surface area (Å²) in [5, 5.41) is 3.72. The normalized spacial score (nSPS) is 27.1. The van der Waals surface area contributed by atoms with Gasteiger partial charge in [0.25, 0.3) is 0 Å². The largest absolute Gasteiger partial charge is 0.313 e. The first kappa shape index (κ1) is 15.8. The minimum atomic E-state index is -0.151. The van der Waals surface area contributed by atoms with E-state index >= 15 is 0 Å². The molecule has 2 aromatic rings. The summed E-state index contributed by atoms with van der Waals surface area (Å²) in [7, 11) is 0. The molecule has 0 amide bonds. The molecule has 2 unspecified atom stereocenters. The maximum Gasteiger partial charge on any atom is 0.123 e. The van der Waals surface area contributed by atoms with Crippen molar-refractivity contribution < 1.29 is 4.39 Å². The third kappa shape index (κ3) is 3.52. The third-order valence-corrected chi connectivity index (χ3v) is 5.61. The van der Waals surface area contributed by atoms with Crippen molar-refractivity contribution in [3.8, 4) is 0 Å². The molecule has 0 radical (unpaired) electrons. The number of hydrogen-bond acceptors (Lipinski definition) is 2. The van der Waals surface area contributed by atoms with Crippen LogP contribution in [0.25, 0.3) is 0 Å². The van der Waals surface area contributed by atoms with E-state index in [2.05, 4.69) is 40.5 Å². The van der Waals surface area contributed by atoms with Crippen molar-refractivity contribution in [2.45, 2.75) is 31.8 Å². The van der Waals surface area contributed by atoms with Gasteiger partial charge < -0.3 is 5.32 Å². The monoisotopic (exact) mass is 324 g/mol. The second-order valence-electron chi connectivity index (χ2n) is 7.56. The van der Waals surface area contributed by atoms with Crippen molar-refractivity contribution in [1.29, 1.82) is 0 Å². The molecule has 1 spiro atoms. The smallest absolute Gasteiger partial charge is 0.123 e. The predicted molar refractivity (Wildman–Crippen MR) is 95.3 cm³/mol. The zero-order chi connectivity index (χ0) is 16.4. The summed E-state index contributed by atoms with van der Waals surface area (Å²) in [6, 6.07) is 18.2. The van der Waals surface area contributed by atoms with Crippen LogP contribution in [0.1, 0.15) is 24.0 Å². The van der Waals surface area contributed by atoms with E-state index in [1.165, 1.54) is 37.1 Å². The van der Waals surface area contributed by atoms with Crippen molar-refractivity contribution in [3.05, 3.63) is 71.5 Å². The number of halogens is 1. The molecule has 2 atom stereocenters. The Kier molecular flexibility index (Phi) is 4.38. The van der Waals surface area contributed by atoms with Crippen LogP contribution in [0.2, 0.25) is 0 Å². The third-order valence-electron chi connectivity index (χ3n) is 5.61. The van der Waals surface area contributed by atoms with E-state index in [-0.39, 0.29) is 5.82 Å². The van der Waals surface area contributed by atoms with Crippen molar-refractivity contribution in [1.82, 2.24) is 10.2 Å². The number of hydrogen-bond donors (Lipinski definition) is 1. The first-order chi connectivity index (χ1) is 11.7. The number of nitrogens with zero attached hydrogens (tertiary/aromatic N) is 1. The second-order valence-corrected chi connectivity index (χ2v) is 7.56. The molecule has 126 valence electrons. The number of benzene rings is 2. The molecule has 0 saturated carbocycles. The molecule has 2 nitrogen and oxygen atoms in total. The summed E-state index contributed by atoms with van der Waals surface area (Å²) in [5.74, 6) is -0.151. The lowest BCUT2D eigenvalue weighted by molar-refractivity contribution is 0.265. The highest BCUT2D eigenvalue weighted by Crippen LogP contribution is 2.39. The van der Waals surface area contributed by atoms with E-state index in [9.17, 15) is 4.39 Å². The fraction of sp³-hybridized carbons (Fsp3) is 0.429. The molecule has 2 saturated heterocycles. The predicted octanol–water partition coefficient (Wildman–Crippen LogP) is 3.62. The summed E-state index contributed by atoms with van der Waals surface area (Å²) in [5.41, 5.74) is 3.06. The van der Waals surface area contributed by atoms with Gasteiger partial charge >= 0.3 is 0 Å². The lowest BCUT2D eigenvalue weighted by Gasteiger charge is -2.23. The molecule has 1 N–H and O–H groups in total. The Morgan fingerprint density at radius 1 is 1.04 bits per heavy atom. The minimum Gasteiger partial charge on any atom is -0.313 e. The highest BCUT2D eigenvalue weighted by atomic mass is 19.1. The summed E-state index contributed by atoms with van der Waals surface area (Å²) in [6.07, 6.45) is 3.52. The average Bonchev–Trinajstić information content (AvgIpc) is 3.17. The molecule has 2 heterocycles. The van der Waals surface area contributed by atoms with Crippen molar-refractivity contribution in [3.63, 3.8) is 0 Å². The zero-order valence-electron chi connectivity index (χ0n) is 14.0. The molecule has 2 aromatic carbocycles. The first-order valence-corrected chi connectivity index (χ1v) is 8.95. The zero-order valence-corrected chi connectivity index (χ0v) is 14.0. The van der Waals surface area contributed by atoms with Crippen LogP contribution in [-0.4, -0.2) is 30.6 Å². The van der Waals surface area contributed by atoms with Crippen LogP contribution < -0.4 is 5.32 Å². The molecule has 2 aliphatic heterocycles. The van der Waals surface area contributed by atoms with Gasteiger partial charge in [0.15, 0.2) is 0 Å². The molecular formula is C21H25FN2. The Hall–Kier alpha value is -1.71. The molecule has 0 bridgehead atoms. The number of rotatable bonds is 4. The molecule has 24 heavy (non-hydrogen) atoms. The number of nitrogens with one attached hydrogen (secondary N) is 1. The van der Waals surface area contributed by atoms with E-state index in [4.69, 9.17) is 0 Å². The van der Waals surface area contributed by atoms with E-state index < -0.39 is 0 Å². The molecule has 4 rings (SSSR count). The minimum absolute atomic E-state index is 0.151. The van der Waals surface area contributed by atoms with Crippen LogP contribution in [0.3, 0.4) is 0 Å². The highest BCUT2D eigenvalue weighted by molar-refractivity contribution is 5.19. The molecule has 3 heteroatoms. The van der Waals surface area contributed by atoms with E-state index in [1.54, 1.807) is 12.1 Å².